The zero-order chi connectivity index (χ0) is 14.3. The molecule has 1 saturated heterocycles. The molecule has 5 heteroatoms. The summed E-state index contributed by atoms with van der Waals surface area (Å²) >= 11 is 0. The van der Waals surface area contributed by atoms with Gasteiger partial charge in [0.25, 0.3) is 0 Å². The van der Waals surface area contributed by atoms with Gasteiger partial charge in [-0.1, -0.05) is 13.8 Å². The zero-order valence-corrected chi connectivity index (χ0v) is 12.6. The Labute approximate surface area is 117 Å². The standard InChI is InChI=1S/C14H29N3O2/c1-12(2)11-15-14(19)13(3)17-6-4-5-16(7-8-17)9-10-18/h12-13,18H,4-11H2,1-3H3,(H,15,19). The number of nitrogens with zero attached hydrogens (tertiary/aromatic N) is 2. The van der Waals surface area contributed by atoms with Gasteiger partial charge in [0.15, 0.2) is 0 Å². The van der Waals surface area contributed by atoms with Crippen molar-refractivity contribution in [2.24, 2.45) is 5.92 Å². The van der Waals surface area contributed by atoms with Crippen LogP contribution < -0.4 is 5.32 Å². The van der Waals surface area contributed by atoms with Crippen molar-refractivity contribution in [2.75, 3.05) is 45.9 Å². The second-order valence-corrected chi connectivity index (χ2v) is 5.77. The largest absolute Gasteiger partial charge is 0.395 e. The molecular formula is C14H29N3O2. The van der Waals surface area contributed by atoms with E-state index < -0.39 is 0 Å². The van der Waals surface area contributed by atoms with Crippen LogP contribution in [-0.2, 0) is 4.79 Å². The van der Waals surface area contributed by atoms with Crippen LogP contribution in [0.5, 0.6) is 0 Å². The molecule has 0 aliphatic carbocycles. The van der Waals surface area contributed by atoms with Crippen molar-refractivity contribution in [1.82, 2.24) is 15.1 Å². The Morgan fingerprint density at radius 2 is 1.95 bits per heavy atom. The fraction of sp³-hybridized carbons (Fsp3) is 0.929. The molecule has 0 aromatic rings. The predicted molar refractivity (Wildman–Crippen MR) is 77.0 cm³/mol. The first-order chi connectivity index (χ1) is 9.04. The van der Waals surface area contributed by atoms with Gasteiger partial charge in [-0.15, -0.1) is 0 Å². The molecular weight excluding hydrogens is 242 g/mol. The van der Waals surface area contributed by atoms with E-state index in [0.717, 1.165) is 45.7 Å². The number of hydrogen-bond acceptors (Lipinski definition) is 4. The highest BCUT2D eigenvalue weighted by Crippen LogP contribution is 2.07. The average molecular weight is 271 g/mol. The first kappa shape index (κ1) is 16.4. The number of carbonyl (C=O) groups is 1. The molecule has 5 nitrogen and oxygen atoms in total. The Balaban J connectivity index is 2.39. The van der Waals surface area contributed by atoms with Gasteiger partial charge >= 0.3 is 0 Å². The van der Waals surface area contributed by atoms with Gasteiger partial charge in [0.2, 0.25) is 5.91 Å². The lowest BCUT2D eigenvalue weighted by Gasteiger charge is -2.27. The molecule has 19 heavy (non-hydrogen) atoms. The molecule has 1 aliphatic rings. The van der Waals surface area contributed by atoms with E-state index in [4.69, 9.17) is 5.11 Å². The highest BCUT2D eigenvalue weighted by atomic mass is 16.3. The summed E-state index contributed by atoms with van der Waals surface area (Å²) < 4.78 is 0. The second-order valence-electron chi connectivity index (χ2n) is 5.77. The fourth-order valence-electron chi connectivity index (χ4n) is 2.36. The van der Waals surface area contributed by atoms with Gasteiger partial charge in [0, 0.05) is 32.7 Å². The maximum absolute atomic E-state index is 12.1. The lowest BCUT2D eigenvalue weighted by molar-refractivity contribution is -0.126. The van der Waals surface area contributed by atoms with E-state index in [-0.39, 0.29) is 18.6 Å². The number of hydrogen-bond donors (Lipinski definition) is 2. The van der Waals surface area contributed by atoms with Crippen molar-refractivity contribution in [2.45, 2.75) is 33.2 Å². The molecule has 2 N–H and O–H groups in total. The summed E-state index contributed by atoms with van der Waals surface area (Å²) in [6.45, 7) is 11.7. The molecule has 1 unspecified atom stereocenters. The first-order valence-electron chi connectivity index (χ1n) is 7.39. The Kier molecular flexibility index (Phi) is 7.34. The summed E-state index contributed by atoms with van der Waals surface area (Å²) in [6.07, 6.45) is 1.06. The van der Waals surface area contributed by atoms with E-state index in [1.165, 1.54) is 0 Å². The van der Waals surface area contributed by atoms with Gasteiger partial charge in [-0.3, -0.25) is 14.6 Å². The monoisotopic (exact) mass is 271 g/mol. The minimum absolute atomic E-state index is 0.0622. The van der Waals surface area contributed by atoms with Gasteiger partial charge in [-0.2, -0.15) is 0 Å². The van der Waals surface area contributed by atoms with E-state index >= 15 is 0 Å². The van der Waals surface area contributed by atoms with Crippen molar-refractivity contribution in [1.29, 1.82) is 0 Å². The van der Waals surface area contributed by atoms with Crippen LogP contribution in [0.4, 0.5) is 0 Å². The van der Waals surface area contributed by atoms with Crippen LogP contribution in [0.3, 0.4) is 0 Å². The van der Waals surface area contributed by atoms with Gasteiger partial charge in [-0.05, 0) is 25.8 Å². The van der Waals surface area contributed by atoms with E-state index in [0.29, 0.717) is 5.92 Å². The van der Waals surface area contributed by atoms with Crippen molar-refractivity contribution < 1.29 is 9.90 Å². The molecule has 0 saturated carbocycles. The number of amides is 1. The normalized spacial score (nSPS) is 20.3. The Bertz CT molecular complexity index is 271. The van der Waals surface area contributed by atoms with Crippen LogP contribution >= 0.6 is 0 Å². The number of rotatable bonds is 6. The summed E-state index contributed by atoms with van der Waals surface area (Å²) in [6, 6.07) is -0.0622. The lowest BCUT2D eigenvalue weighted by atomic mass is 10.2. The maximum atomic E-state index is 12.1. The SMILES string of the molecule is CC(C)CNC(=O)C(C)N1CCCN(CCO)CC1. The topological polar surface area (TPSA) is 55.8 Å². The van der Waals surface area contributed by atoms with Gasteiger partial charge in [0.1, 0.15) is 0 Å². The van der Waals surface area contributed by atoms with Crippen molar-refractivity contribution in [3.05, 3.63) is 0 Å². The van der Waals surface area contributed by atoms with Gasteiger partial charge in [-0.25, -0.2) is 0 Å². The number of aliphatic hydroxyl groups is 1. The van der Waals surface area contributed by atoms with Crippen LogP contribution in [0, 0.1) is 5.92 Å². The average Bonchev–Trinajstić information content (AvgIpc) is 2.61. The summed E-state index contributed by atoms with van der Waals surface area (Å²) in [5.74, 6) is 0.615. The van der Waals surface area contributed by atoms with Crippen molar-refractivity contribution >= 4 is 5.91 Å². The van der Waals surface area contributed by atoms with Gasteiger partial charge in [0.05, 0.1) is 12.6 Å². The highest BCUT2D eigenvalue weighted by Gasteiger charge is 2.23. The number of nitrogens with one attached hydrogen (secondary N) is 1. The van der Waals surface area contributed by atoms with Gasteiger partial charge < -0.3 is 10.4 Å². The number of aliphatic hydroxyl groups excluding tert-OH is 1. The van der Waals surface area contributed by atoms with E-state index in [1.54, 1.807) is 0 Å². The third-order valence-corrected chi connectivity index (χ3v) is 3.65. The van der Waals surface area contributed by atoms with Crippen LogP contribution in [0.25, 0.3) is 0 Å². The third-order valence-electron chi connectivity index (χ3n) is 3.65. The fourth-order valence-corrected chi connectivity index (χ4v) is 2.36. The summed E-state index contributed by atoms with van der Waals surface area (Å²) in [5.41, 5.74) is 0. The molecule has 0 aromatic carbocycles. The Morgan fingerprint density at radius 1 is 1.21 bits per heavy atom. The van der Waals surface area contributed by atoms with Crippen LogP contribution in [0.15, 0.2) is 0 Å². The highest BCUT2D eigenvalue weighted by molar-refractivity contribution is 5.81. The van der Waals surface area contributed by atoms with Crippen molar-refractivity contribution in [3.63, 3.8) is 0 Å². The summed E-state index contributed by atoms with van der Waals surface area (Å²) in [7, 11) is 0. The molecule has 112 valence electrons. The lowest BCUT2D eigenvalue weighted by Crippen LogP contribution is -2.47. The number of carbonyl (C=O) groups excluding carboxylic acids is 1. The number of β-amino-alcohol motifs (C(OH)–C–C–N with tert-alkyl or cyclic N) is 1. The minimum Gasteiger partial charge on any atom is -0.395 e. The van der Waals surface area contributed by atoms with Crippen LogP contribution in [0.2, 0.25) is 0 Å². The van der Waals surface area contributed by atoms with Crippen molar-refractivity contribution in [3.8, 4) is 0 Å². The molecule has 1 amide bonds. The molecule has 1 aliphatic heterocycles. The maximum Gasteiger partial charge on any atom is 0.237 e. The second kappa shape index (κ2) is 8.51. The van der Waals surface area contributed by atoms with Crippen LogP contribution in [0.1, 0.15) is 27.2 Å². The Morgan fingerprint density at radius 3 is 2.58 bits per heavy atom. The molecule has 1 atom stereocenters. The molecule has 0 bridgehead atoms. The molecule has 0 aromatic heterocycles. The Hall–Kier alpha value is -0.650. The predicted octanol–water partition coefficient (Wildman–Crippen LogP) is 0.147. The first-order valence-corrected chi connectivity index (χ1v) is 7.39. The molecule has 0 radical (unpaired) electrons. The molecule has 1 rings (SSSR count). The van der Waals surface area contributed by atoms with E-state index in [9.17, 15) is 4.79 Å². The zero-order valence-electron chi connectivity index (χ0n) is 12.6. The summed E-state index contributed by atoms with van der Waals surface area (Å²) in [5, 5.41) is 12.0. The smallest absolute Gasteiger partial charge is 0.237 e. The van der Waals surface area contributed by atoms with E-state index in [2.05, 4.69) is 29.0 Å². The molecule has 1 heterocycles. The van der Waals surface area contributed by atoms with E-state index in [1.807, 2.05) is 6.92 Å². The minimum atomic E-state index is -0.0622. The molecule has 0 spiro atoms. The molecule has 1 fully saturated rings. The quantitative estimate of drug-likeness (QED) is 0.722. The van der Waals surface area contributed by atoms with Crippen LogP contribution in [-0.4, -0.2) is 72.7 Å². The third kappa shape index (κ3) is 5.89. The summed E-state index contributed by atoms with van der Waals surface area (Å²) in [4.78, 5) is 16.6.